The van der Waals surface area contributed by atoms with Gasteiger partial charge in [0.05, 0.1) is 23.7 Å². The van der Waals surface area contributed by atoms with Gasteiger partial charge in [-0.2, -0.15) is 0 Å². The smallest absolute Gasteiger partial charge is 0.329 e. The van der Waals surface area contributed by atoms with Gasteiger partial charge in [-0.15, -0.1) is 0 Å². The van der Waals surface area contributed by atoms with E-state index in [0.717, 1.165) is 43.4 Å². The number of aldehydes is 1. The second-order valence-electron chi connectivity index (χ2n) is 12.2. The van der Waals surface area contributed by atoms with Gasteiger partial charge in [0.1, 0.15) is 6.29 Å². The number of hydrogen-bond acceptors (Lipinski definition) is 5. The number of benzene rings is 1. The molecular weight excluding hydrogens is 504 g/mol. The molecule has 0 aliphatic carbocycles. The van der Waals surface area contributed by atoms with E-state index < -0.39 is 6.04 Å². The van der Waals surface area contributed by atoms with Crippen LogP contribution in [0.5, 0.6) is 0 Å². The molecule has 3 heterocycles. The molecule has 40 heavy (non-hydrogen) atoms. The van der Waals surface area contributed by atoms with Crippen molar-refractivity contribution >= 4 is 23.2 Å². The Morgan fingerprint density at radius 3 is 2.62 bits per heavy atom. The van der Waals surface area contributed by atoms with Crippen LogP contribution >= 0.6 is 0 Å². The first kappa shape index (κ1) is 30.5. The van der Waals surface area contributed by atoms with Crippen molar-refractivity contribution in [2.45, 2.75) is 114 Å². The Morgan fingerprint density at radius 2 is 1.88 bits per heavy atom. The third-order valence-corrected chi connectivity index (χ3v) is 9.42. The number of nitrogens with zero attached hydrogens (tertiary/aromatic N) is 3. The largest absolute Gasteiger partial charge is 0.380 e. The average Bonchev–Trinajstić information content (AvgIpc) is 3.57. The number of nitrogens with one attached hydrogen (secondary N) is 1. The molecule has 0 saturated carbocycles. The number of rotatable bonds is 17. The minimum Gasteiger partial charge on any atom is -0.380 e. The zero-order valence-corrected chi connectivity index (χ0v) is 25.0. The van der Waals surface area contributed by atoms with Crippen LogP contribution in [0.3, 0.4) is 0 Å². The summed E-state index contributed by atoms with van der Waals surface area (Å²) in [7, 11) is 3.31. The SMILES string of the molecule is CNC(=O)CCC(C=O)n1c(=O)n(C)c2cc(CCCCCCCCCOCC3CC[C@]4(C)CCCN34)ccc21. The molecule has 2 fully saturated rings. The minimum absolute atomic E-state index is 0.138. The number of fused-ring (bicyclic) bond motifs is 2. The molecule has 1 amide bonds. The molecule has 0 bridgehead atoms. The van der Waals surface area contributed by atoms with E-state index in [9.17, 15) is 14.4 Å². The topological polar surface area (TPSA) is 85.6 Å². The lowest BCUT2D eigenvalue weighted by atomic mass is 9.97. The van der Waals surface area contributed by atoms with Crippen molar-refractivity contribution in [2.24, 2.45) is 7.05 Å². The van der Waals surface area contributed by atoms with Gasteiger partial charge in [0.15, 0.2) is 0 Å². The molecule has 1 N–H and O–H groups in total. The Kier molecular flexibility index (Phi) is 11.0. The second kappa shape index (κ2) is 14.4. The predicted molar refractivity (Wildman–Crippen MR) is 160 cm³/mol. The zero-order valence-electron chi connectivity index (χ0n) is 25.0. The van der Waals surface area contributed by atoms with Gasteiger partial charge in [0.25, 0.3) is 0 Å². The molecule has 1 aromatic heterocycles. The molecule has 4 rings (SSSR count). The van der Waals surface area contributed by atoms with E-state index >= 15 is 0 Å². The summed E-state index contributed by atoms with van der Waals surface area (Å²) in [5, 5.41) is 2.57. The van der Waals surface area contributed by atoms with Gasteiger partial charge in [-0.1, -0.05) is 38.2 Å². The van der Waals surface area contributed by atoms with Crippen molar-refractivity contribution in [3.05, 3.63) is 34.2 Å². The van der Waals surface area contributed by atoms with Crippen LogP contribution in [0.25, 0.3) is 11.0 Å². The molecule has 1 aromatic carbocycles. The number of amides is 1. The number of carbonyl (C=O) groups is 2. The molecule has 0 spiro atoms. The molecular formula is C32H50N4O4. The van der Waals surface area contributed by atoms with Gasteiger partial charge in [0.2, 0.25) is 5.91 Å². The van der Waals surface area contributed by atoms with Crippen LogP contribution in [0.4, 0.5) is 0 Å². The quantitative estimate of drug-likeness (QED) is 0.222. The molecule has 0 radical (unpaired) electrons. The van der Waals surface area contributed by atoms with E-state index in [0.29, 0.717) is 18.0 Å². The van der Waals surface area contributed by atoms with Crippen molar-refractivity contribution in [3.63, 3.8) is 0 Å². The lowest BCUT2D eigenvalue weighted by Gasteiger charge is -2.31. The lowest BCUT2D eigenvalue weighted by Crippen LogP contribution is -2.41. The monoisotopic (exact) mass is 554 g/mol. The number of hydrogen-bond donors (Lipinski definition) is 1. The number of carbonyl (C=O) groups excluding carboxylic acids is 2. The number of aromatic nitrogens is 2. The third-order valence-electron chi connectivity index (χ3n) is 9.42. The summed E-state index contributed by atoms with van der Waals surface area (Å²) in [6.07, 6.45) is 16.1. The van der Waals surface area contributed by atoms with Crippen molar-refractivity contribution < 1.29 is 14.3 Å². The molecule has 2 unspecified atom stereocenters. The van der Waals surface area contributed by atoms with E-state index in [1.807, 2.05) is 6.07 Å². The van der Waals surface area contributed by atoms with Gasteiger partial charge in [-0.25, -0.2) is 4.79 Å². The van der Waals surface area contributed by atoms with Gasteiger partial charge in [-0.05, 0) is 82.5 Å². The van der Waals surface area contributed by atoms with E-state index in [1.54, 1.807) is 18.7 Å². The number of unbranched alkanes of at least 4 members (excludes halogenated alkanes) is 6. The van der Waals surface area contributed by atoms with Crippen LogP contribution in [0, 0.1) is 0 Å². The lowest BCUT2D eigenvalue weighted by molar-refractivity contribution is -0.121. The number of aryl methyl sites for hydroxylation is 2. The fourth-order valence-corrected chi connectivity index (χ4v) is 6.93. The summed E-state index contributed by atoms with van der Waals surface area (Å²) in [4.78, 5) is 39.1. The van der Waals surface area contributed by atoms with Crippen molar-refractivity contribution in [3.8, 4) is 0 Å². The Balaban J connectivity index is 1.11. The molecule has 2 aromatic rings. The molecule has 222 valence electrons. The normalized spacial score (nSPS) is 21.6. The van der Waals surface area contributed by atoms with Crippen molar-refractivity contribution in [1.29, 1.82) is 0 Å². The van der Waals surface area contributed by atoms with Crippen LogP contribution in [0.15, 0.2) is 23.0 Å². The van der Waals surface area contributed by atoms with Crippen LogP contribution < -0.4 is 11.0 Å². The first-order chi connectivity index (χ1) is 19.4. The first-order valence-electron chi connectivity index (χ1n) is 15.6. The minimum atomic E-state index is -0.653. The average molecular weight is 555 g/mol. The highest BCUT2D eigenvalue weighted by molar-refractivity contribution is 5.79. The Bertz CT molecular complexity index is 1190. The van der Waals surface area contributed by atoms with E-state index in [2.05, 4.69) is 29.3 Å². The summed E-state index contributed by atoms with van der Waals surface area (Å²) >= 11 is 0. The Hall–Kier alpha value is -2.45. The number of ether oxygens (including phenoxy) is 1. The maximum atomic E-state index is 12.9. The highest BCUT2D eigenvalue weighted by atomic mass is 16.5. The van der Waals surface area contributed by atoms with Crippen LogP contribution in [0.1, 0.15) is 102 Å². The van der Waals surface area contributed by atoms with E-state index in [-0.39, 0.29) is 18.0 Å². The molecule has 2 aliphatic rings. The third kappa shape index (κ3) is 7.24. The van der Waals surface area contributed by atoms with Crippen molar-refractivity contribution in [2.75, 3.05) is 26.8 Å². The highest BCUT2D eigenvalue weighted by Gasteiger charge is 2.45. The van der Waals surface area contributed by atoms with Gasteiger partial charge in [-0.3, -0.25) is 18.8 Å². The molecule has 2 aliphatic heterocycles. The molecule has 3 atom stereocenters. The standard InChI is InChI=1S/C32H50N4O4/c1-32-18-11-20-35(32)27(17-19-32)24-40-21-10-8-6-4-5-7-9-12-25-13-15-28-29(22-25)34(3)31(39)36(28)26(23-37)14-16-30(38)33-2/h13,15,22-23,26-27H,4-12,14,16-21,24H2,1-3H3,(H,33,38)/t26?,27?,32-/m0/s1. The summed E-state index contributed by atoms with van der Waals surface area (Å²) < 4.78 is 9.19. The van der Waals surface area contributed by atoms with Crippen LogP contribution in [-0.4, -0.2) is 64.6 Å². The predicted octanol–water partition coefficient (Wildman–Crippen LogP) is 4.91. The highest BCUT2D eigenvalue weighted by Crippen LogP contribution is 2.41. The van der Waals surface area contributed by atoms with E-state index in [1.165, 1.54) is 80.9 Å². The summed E-state index contributed by atoms with van der Waals surface area (Å²) in [5.74, 6) is -0.138. The molecule has 2 saturated heterocycles. The van der Waals surface area contributed by atoms with Gasteiger partial charge in [0, 0.05) is 38.7 Å². The maximum Gasteiger partial charge on any atom is 0.329 e. The molecule has 8 nitrogen and oxygen atoms in total. The van der Waals surface area contributed by atoms with Crippen LogP contribution in [-0.2, 0) is 27.8 Å². The summed E-state index contributed by atoms with van der Waals surface area (Å²) in [5.41, 5.74) is 3.02. The van der Waals surface area contributed by atoms with Gasteiger partial charge < -0.3 is 14.8 Å². The summed E-state index contributed by atoms with van der Waals surface area (Å²) in [6, 6.07) is 6.07. The molecule has 8 heteroatoms. The van der Waals surface area contributed by atoms with Gasteiger partial charge >= 0.3 is 5.69 Å². The maximum absolute atomic E-state index is 12.9. The zero-order chi connectivity index (χ0) is 28.5. The van der Waals surface area contributed by atoms with Crippen molar-refractivity contribution in [1.82, 2.24) is 19.4 Å². The second-order valence-corrected chi connectivity index (χ2v) is 12.2. The fraction of sp³-hybridized carbons (Fsp3) is 0.719. The Labute approximate surface area is 239 Å². The Morgan fingerprint density at radius 1 is 1.12 bits per heavy atom. The summed E-state index contributed by atoms with van der Waals surface area (Å²) in [6.45, 7) is 5.51. The first-order valence-corrected chi connectivity index (χ1v) is 15.6. The fourth-order valence-electron chi connectivity index (χ4n) is 6.93. The number of imidazole rings is 1. The van der Waals surface area contributed by atoms with Crippen LogP contribution in [0.2, 0.25) is 0 Å². The van der Waals surface area contributed by atoms with E-state index in [4.69, 9.17) is 4.74 Å².